The zero-order valence-corrected chi connectivity index (χ0v) is 26.4. The summed E-state index contributed by atoms with van der Waals surface area (Å²) in [6, 6.07) is 12.6. The topological polar surface area (TPSA) is 121 Å². The van der Waals surface area contributed by atoms with Crippen LogP contribution in [0.4, 0.5) is 5.69 Å². The predicted molar refractivity (Wildman–Crippen MR) is 160 cm³/mol. The number of nitrogens with zero attached hydrogens (tertiary/aromatic N) is 2. The number of sulfonamides is 1. The van der Waals surface area contributed by atoms with Gasteiger partial charge in [-0.05, 0) is 83.9 Å². The molecule has 0 aliphatic heterocycles. The van der Waals surface area contributed by atoms with Crippen LogP contribution in [0.15, 0.2) is 66.9 Å². The third-order valence-corrected chi connectivity index (χ3v) is 9.10. The molecule has 0 radical (unpaired) electrons. The first-order valence-corrected chi connectivity index (χ1v) is 15.4. The second-order valence-corrected chi connectivity index (χ2v) is 13.7. The monoisotopic (exact) mass is 664 g/mol. The lowest BCUT2D eigenvalue weighted by atomic mass is 9.94. The van der Waals surface area contributed by atoms with Crippen molar-refractivity contribution in [3.05, 3.63) is 80.9 Å². The fourth-order valence-electron chi connectivity index (χ4n) is 4.59. The van der Waals surface area contributed by atoms with E-state index < -0.39 is 21.4 Å². The number of hydrogen-bond acceptors (Lipinski definition) is 6. The van der Waals surface area contributed by atoms with Gasteiger partial charge in [-0.25, -0.2) is 13.2 Å². The SMILES string of the molecule is CCN(c1ccc(Cl)cc1CN(Cc1ccc(Br)o1)C(=O)C(C)(C)C)S(=O)(=O)c1ccc2oc(C(=O)O)c(C)c2c1. The number of aryl methyl sites for hydroxylation is 1. The molecule has 2 aromatic heterocycles. The summed E-state index contributed by atoms with van der Waals surface area (Å²) in [6.45, 7) is 9.02. The van der Waals surface area contributed by atoms with E-state index in [0.717, 1.165) is 0 Å². The van der Waals surface area contributed by atoms with Crippen LogP contribution in [0.5, 0.6) is 0 Å². The molecule has 218 valence electrons. The van der Waals surface area contributed by atoms with Crippen molar-refractivity contribution in [1.82, 2.24) is 4.90 Å². The van der Waals surface area contributed by atoms with Crippen molar-refractivity contribution in [2.75, 3.05) is 10.8 Å². The van der Waals surface area contributed by atoms with Crippen LogP contribution in [0, 0.1) is 12.3 Å². The van der Waals surface area contributed by atoms with E-state index in [1.54, 1.807) is 49.1 Å². The Bertz CT molecular complexity index is 1740. The van der Waals surface area contributed by atoms with Gasteiger partial charge in [-0.1, -0.05) is 32.4 Å². The number of benzene rings is 2. The van der Waals surface area contributed by atoms with Crippen molar-refractivity contribution < 1.29 is 31.9 Å². The molecule has 0 unspecified atom stereocenters. The van der Waals surface area contributed by atoms with Gasteiger partial charge in [0.1, 0.15) is 11.3 Å². The smallest absolute Gasteiger partial charge is 0.372 e. The van der Waals surface area contributed by atoms with Gasteiger partial charge in [0.15, 0.2) is 4.67 Å². The Kier molecular flexibility index (Phi) is 8.63. The molecule has 0 aliphatic rings. The summed E-state index contributed by atoms with van der Waals surface area (Å²) in [5.74, 6) is -1.08. The minimum atomic E-state index is -4.13. The largest absolute Gasteiger partial charge is 0.475 e. The highest BCUT2D eigenvalue weighted by molar-refractivity contribution is 9.10. The quantitative estimate of drug-likeness (QED) is 0.200. The molecule has 0 saturated heterocycles. The molecule has 0 aliphatic carbocycles. The molecule has 0 fully saturated rings. The average Bonchev–Trinajstić information content (AvgIpc) is 3.46. The Morgan fingerprint density at radius 2 is 1.73 bits per heavy atom. The molecule has 0 spiro atoms. The number of carbonyl (C=O) groups excluding carboxylic acids is 1. The molecule has 0 bridgehead atoms. The zero-order valence-electron chi connectivity index (χ0n) is 23.2. The molecular formula is C29H30BrClN2O7S. The third kappa shape index (κ3) is 6.32. The fourth-order valence-corrected chi connectivity index (χ4v) is 6.66. The van der Waals surface area contributed by atoms with Gasteiger partial charge in [0, 0.05) is 34.5 Å². The van der Waals surface area contributed by atoms with Crippen LogP contribution in [-0.4, -0.2) is 36.8 Å². The molecular weight excluding hydrogens is 636 g/mol. The van der Waals surface area contributed by atoms with Gasteiger partial charge < -0.3 is 18.8 Å². The summed E-state index contributed by atoms with van der Waals surface area (Å²) < 4.78 is 40.9. The molecule has 2 heterocycles. The summed E-state index contributed by atoms with van der Waals surface area (Å²) in [6.07, 6.45) is 0. The molecule has 4 rings (SSSR count). The van der Waals surface area contributed by atoms with Gasteiger partial charge in [-0.2, -0.15) is 0 Å². The van der Waals surface area contributed by atoms with Crippen molar-refractivity contribution in [1.29, 1.82) is 0 Å². The maximum Gasteiger partial charge on any atom is 0.372 e. The number of halogens is 2. The molecule has 41 heavy (non-hydrogen) atoms. The first-order valence-electron chi connectivity index (χ1n) is 12.7. The molecule has 1 amide bonds. The second kappa shape index (κ2) is 11.5. The second-order valence-electron chi connectivity index (χ2n) is 10.6. The van der Waals surface area contributed by atoms with Crippen LogP contribution >= 0.6 is 27.5 Å². The van der Waals surface area contributed by atoms with Gasteiger partial charge in [0.2, 0.25) is 11.7 Å². The average molecular weight is 666 g/mol. The zero-order chi connectivity index (χ0) is 30.3. The van der Waals surface area contributed by atoms with E-state index in [1.807, 2.05) is 20.8 Å². The molecule has 1 N–H and O–H groups in total. The number of amides is 1. The molecule has 0 atom stereocenters. The molecule has 12 heteroatoms. The number of aromatic carboxylic acids is 1. The van der Waals surface area contributed by atoms with Crippen molar-refractivity contribution in [2.45, 2.75) is 52.6 Å². The van der Waals surface area contributed by atoms with Gasteiger partial charge in [0.25, 0.3) is 10.0 Å². The number of anilines is 1. The molecule has 9 nitrogen and oxygen atoms in total. The van der Waals surface area contributed by atoms with E-state index in [4.69, 9.17) is 20.4 Å². The first kappa shape index (κ1) is 30.7. The predicted octanol–water partition coefficient (Wildman–Crippen LogP) is 7.24. The van der Waals surface area contributed by atoms with E-state index in [9.17, 15) is 23.1 Å². The highest BCUT2D eigenvalue weighted by Gasteiger charge is 2.31. The Hall–Kier alpha value is -3.28. The van der Waals surface area contributed by atoms with Crippen LogP contribution in [0.2, 0.25) is 5.02 Å². The van der Waals surface area contributed by atoms with Gasteiger partial charge in [0.05, 0.1) is 17.1 Å². The summed E-state index contributed by atoms with van der Waals surface area (Å²) in [7, 11) is -4.13. The number of rotatable bonds is 9. The highest BCUT2D eigenvalue weighted by Crippen LogP contribution is 2.34. The minimum absolute atomic E-state index is 0.0309. The van der Waals surface area contributed by atoms with Crippen molar-refractivity contribution in [3.63, 3.8) is 0 Å². The summed E-state index contributed by atoms with van der Waals surface area (Å²) >= 11 is 9.66. The Morgan fingerprint density at radius 1 is 1.02 bits per heavy atom. The number of carboxylic acids is 1. The molecule has 0 saturated carbocycles. The third-order valence-electron chi connectivity index (χ3n) is 6.55. The number of fused-ring (bicyclic) bond motifs is 1. The highest BCUT2D eigenvalue weighted by atomic mass is 79.9. The summed E-state index contributed by atoms with van der Waals surface area (Å²) in [5, 5.41) is 10.2. The lowest BCUT2D eigenvalue weighted by Gasteiger charge is -2.31. The lowest BCUT2D eigenvalue weighted by molar-refractivity contribution is -0.141. The van der Waals surface area contributed by atoms with Crippen molar-refractivity contribution >= 4 is 66.1 Å². The normalized spacial score (nSPS) is 12.1. The summed E-state index contributed by atoms with van der Waals surface area (Å²) in [5.41, 5.74) is 0.779. The van der Waals surface area contributed by atoms with Crippen LogP contribution in [0.25, 0.3) is 11.0 Å². The maximum absolute atomic E-state index is 14.0. The van der Waals surface area contributed by atoms with Gasteiger partial charge >= 0.3 is 5.97 Å². The van der Waals surface area contributed by atoms with E-state index in [1.165, 1.54) is 22.5 Å². The van der Waals surface area contributed by atoms with E-state index in [0.29, 0.717) is 37.7 Å². The standard InChI is InChI=1S/C29H30BrClN2O7S/c1-6-33(41(37,38)21-9-11-24-22(14-21)17(2)26(40-24)27(34)35)23-10-7-19(31)13-18(23)15-32(28(36)29(3,4)5)16-20-8-12-25(30)39-20/h7-14H,6,15-16H2,1-5H3,(H,34,35). The number of hydrogen-bond donors (Lipinski definition) is 1. The van der Waals surface area contributed by atoms with Crippen LogP contribution in [0.3, 0.4) is 0 Å². The van der Waals surface area contributed by atoms with Crippen LogP contribution < -0.4 is 4.31 Å². The van der Waals surface area contributed by atoms with Gasteiger partial charge in [-0.15, -0.1) is 0 Å². The maximum atomic E-state index is 14.0. The Labute approximate surface area is 251 Å². The summed E-state index contributed by atoms with van der Waals surface area (Å²) in [4.78, 5) is 26.6. The van der Waals surface area contributed by atoms with E-state index >= 15 is 0 Å². The molecule has 4 aromatic rings. The minimum Gasteiger partial charge on any atom is -0.475 e. The number of furan rings is 2. The van der Waals surface area contributed by atoms with Crippen LogP contribution in [0.1, 0.15) is 55.1 Å². The van der Waals surface area contributed by atoms with E-state index in [2.05, 4.69) is 15.9 Å². The lowest BCUT2D eigenvalue weighted by Crippen LogP contribution is -2.39. The first-order chi connectivity index (χ1) is 19.1. The van der Waals surface area contributed by atoms with Crippen molar-refractivity contribution in [2.24, 2.45) is 5.41 Å². The van der Waals surface area contributed by atoms with Gasteiger partial charge in [-0.3, -0.25) is 9.10 Å². The van der Waals surface area contributed by atoms with Crippen molar-refractivity contribution in [3.8, 4) is 0 Å². The van der Waals surface area contributed by atoms with E-state index in [-0.39, 0.29) is 41.8 Å². The Morgan fingerprint density at radius 3 is 2.32 bits per heavy atom. The number of carbonyl (C=O) groups is 2. The number of carboxylic acid groups (broad SMARTS) is 1. The fraction of sp³-hybridized carbons (Fsp3) is 0.310. The Balaban J connectivity index is 1.78. The molecule has 2 aromatic carbocycles. The van der Waals surface area contributed by atoms with Crippen LogP contribution in [-0.2, 0) is 27.9 Å².